The second kappa shape index (κ2) is 1.76. The van der Waals surface area contributed by atoms with Crippen molar-refractivity contribution < 1.29 is 4.52 Å². The summed E-state index contributed by atoms with van der Waals surface area (Å²) in [4.78, 5) is 8.04. The lowest BCUT2D eigenvalue weighted by Crippen LogP contribution is -1.77. The number of hydrogen-bond acceptors (Lipinski definition) is 4. The number of imidazole rings is 1. The van der Waals surface area contributed by atoms with E-state index in [9.17, 15) is 0 Å². The first-order chi connectivity index (χ1) is 4.86. The van der Waals surface area contributed by atoms with Gasteiger partial charge in [-0.25, -0.2) is 4.98 Å². The molecule has 50 valence electrons. The predicted octanol–water partition coefficient (Wildman–Crippen LogP) is 0.878. The van der Waals surface area contributed by atoms with E-state index >= 15 is 0 Å². The summed E-state index contributed by atoms with van der Waals surface area (Å²) < 4.78 is 4.81. The summed E-state index contributed by atoms with van der Waals surface area (Å²) in [7, 11) is 0. The van der Waals surface area contributed by atoms with Gasteiger partial charge in [-0.3, -0.25) is 0 Å². The molecule has 0 aromatic carbocycles. The molecule has 10 heavy (non-hydrogen) atoms. The van der Waals surface area contributed by atoms with E-state index in [4.69, 9.17) is 4.52 Å². The van der Waals surface area contributed by atoms with Crippen LogP contribution >= 0.6 is 0 Å². The van der Waals surface area contributed by atoms with Crippen molar-refractivity contribution >= 4 is 0 Å². The van der Waals surface area contributed by atoms with Crippen LogP contribution in [0.1, 0.15) is 5.82 Å². The monoisotopic (exact) mass is 135 g/mol. The standard InChI is InChI=1S/C6H5N3O/c1-4-8-5-2-3-7-10-6(5)9-4/h2-3H,1H3. The topological polar surface area (TPSA) is 51.8 Å². The summed E-state index contributed by atoms with van der Waals surface area (Å²) in [6.07, 6.45) is 1.55. The number of aromatic nitrogens is 3. The lowest BCUT2D eigenvalue weighted by atomic mass is 10.4. The quantitative estimate of drug-likeness (QED) is 0.538. The fourth-order valence-electron chi connectivity index (χ4n) is 0.808. The average molecular weight is 135 g/mol. The summed E-state index contributed by atoms with van der Waals surface area (Å²) in [6.45, 7) is 1.82. The highest BCUT2D eigenvalue weighted by atomic mass is 16.5. The predicted molar refractivity (Wildman–Crippen MR) is 33.5 cm³/mol. The summed E-state index contributed by atoms with van der Waals surface area (Å²) in [5.74, 6) is 1.21. The Labute approximate surface area is 57.2 Å². The van der Waals surface area contributed by atoms with Crippen molar-refractivity contribution in [3.63, 3.8) is 0 Å². The molecule has 2 rings (SSSR count). The van der Waals surface area contributed by atoms with Crippen molar-refractivity contribution in [3.05, 3.63) is 18.1 Å². The third-order valence-electron chi connectivity index (χ3n) is 1.20. The lowest BCUT2D eigenvalue weighted by molar-refractivity contribution is 0.402. The van der Waals surface area contributed by atoms with Crippen LogP contribution < -0.4 is 0 Å². The highest BCUT2D eigenvalue weighted by Gasteiger charge is 2.08. The molecule has 0 saturated heterocycles. The van der Waals surface area contributed by atoms with Crippen LogP contribution in [0.3, 0.4) is 0 Å². The second-order valence-electron chi connectivity index (χ2n) is 1.97. The molecule has 4 nitrogen and oxygen atoms in total. The largest absolute Gasteiger partial charge is 0.334 e. The van der Waals surface area contributed by atoms with Gasteiger partial charge in [0.2, 0.25) is 0 Å². The van der Waals surface area contributed by atoms with Gasteiger partial charge in [-0.15, -0.1) is 0 Å². The van der Waals surface area contributed by atoms with Crippen molar-refractivity contribution in [1.29, 1.82) is 0 Å². The van der Waals surface area contributed by atoms with Crippen LogP contribution in [0.5, 0.6) is 0 Å². The number of aryl methyl sites for hydroxylation is 1. The zero-order chi connectivity index (χ0) is 6.97. The average Bonchev–Trinajstić information content (AvgIpc) is 2.27. The van der Waals surface area contributed by atoms with Gasteiger partial charge in [-0.05, 0) is 13.0 Å². The fraction of sp³-hybridized carbons (Fsp3) is 0.167. The van der Waals surface area contributed by atoms with Gasteiger partial charge in [0.15, 0.2) is 0 Å². The van der Waals surface area contributed by atoms with Gasteiger partial charge in [0.05, 0.1) is 6.20 Å². The molecule has 0 atom stereocenters. The zero-order valence-electron chi connectivity index (χ0n) is 5.40. The Kier molecular flexibility index (Phi) is 0.943. The molecule has 0 bridgehead atoms. The van der Waals surface area contributed by atoms with E-state index in [2.05, 4.69) is 15.1 Å². The molecule has 0 aliphatic carbocycles. The smallest absolute Gasteiger partial charge is 0.276 e. The van der Waals surface area contributed by atoms with E-state index in [0.29, 0.717) is 11.7 Å². The first-order valence-corrected chi connectivity index (χ1v) is 2.91. The Morgan fingerprint density at radius 3 is 3.10 bits per heavy atom. The molecule has 0 spiro atoms. The van der Waals surface area contributed by atoms with Gasteiger partial charge in [-0.1, -0.05) is 5.16 Å². The molecule has 4 heteroatoms. The highest BCUT2D eigenvalue weighted by molar-refractivity contribution is 5.46. The van der Waals surface area contributed by atoms with Gasteiger partial charge in [0.1, 0.15) is 11.5 Å². The summed E-state index contributed by atoms with van der Waals surface area (Å²) in [5, 5.41) is 3.55. The number of rotatable bonds is 0. The molecular weight excluding hydrogens is 130 g/mol. The summed E-state index contributed by atoms with van der Waals surface area (Å²) in [6, 6.07) is 1.76. The Bertz CT molecular complexity index is 287. The molecule has 2 aliphatic rings. The van der Waals surface area contributed by atoms with Crippen molar-refractivity contribution in [2.24, 2.45) is 0 Å². The van der Waals surface area contributed by atoms with E-state index in [1.807, 2.05) is 6.92 Å². The highest BCUT2D eigenvalue weighted by Crippen LogP contribution is 2.14. The maximum absolute atomic E-state index is 4.81. The molecule has 0 fully saturated rings. The maximum Gasteiger partial charge on any atom is 0.276 e. The third kappa shape index (κ3) is 0.655. The minimum absolute atomic E-state index is 0.500. The van der Waals surface area contributed by atoms with Gasteiger partial charge >= 0.3 is 0 Å². The Morgan fingerprint density at radius 1 is 1.40 bits per heavy atom. The van der Waals surface area contributed by atoms with Crippen LogP contribution in [0.4, 0.5) is 0 Å². The zero-order valence-corrected chi connectivity index (χ0v) is 5.40. The van der Waals surface area contributed by atoms with E-state index in [-0.39, 0.29) is 0 Å². The van der Waals surface area contributed by atoms with Crippen molar-refractivity contribution in [1.82, 2.24) is 15.1 Å². The van der Waals surface area contributed by atoms with E-state index in [1.54, 1.807) is 12.3 Å². The molecular formula is C6H5N3O. The first kappa shape index (κ1) is 5.34. The van der Waals surface area contributed by atoms with Crippen LogP contribution in [0.25, 0.3) is 11.6 Å². The van der Waals surface area contributed by atoms with Crippen molar-refractivity contribution in [2.75, 3.05) is 0 Å². The molecule has 2 heterocycles. The van der Waals surface area contributed by atoms with Gasteiger partial charge in [0, 0.05) is 0 Å². The maximum atomic E-state index is 4.81. The van der Waals surface area contributed by atoms with Crippen molar-refractivity contribution in [3.8, 4) is 11.6 Å². The van der Waals surface area contributed by atoms with Crippen LogP contribution in [0, 0.1) is 6.92 Å². The fourth-order valence-corrected chi connectivity index (χ4v) is 0.808. The first-order valence-electron chi connectivity index (χ1n) is 2.91. The minimum Gasteiger partial charge on any atom is -0.334 e. The third-order valence-corrected chi connectivity index (χ3v) is 1.20. The molecule has 0 aromatic rings. The number of nitrogens with zero attached hydrogens (tertiary/aromatic N) is 3. The van der Waals surface area contributed by atoms with Gasteiger partial charge in [0.25, 0.3) is 5.89 Å². The summed E-state index contributed by atoms with van der Waals surface area (Å²) >= 11 is 0. The van der Waals surface area contributed by atoms with Crippen LogP contribution in [-0.4, -0.2) is 15.1 Å². The lowest BCUT2D eigenvalue weighted by Gasteiger charge is -1.86. The van der Waals surface area contributed by atoms with E-state index in [0.717, 1.165) is 5.69 Å². The van der Waals surface area contributed by atoms with Crippen molar-refractivity contribution in [2.45, 2.75) is 6.92 Å². The van der Waals surface area contributed by atoms with Crippen LogP contribution in [0.2, 0.25) is 0 Å². The number of fused-ring (bicyclic) bond motifs is 1. The molecule has 0 unspecified atom stereocenters. The Balaban J connectivity index is 2.76. The SMILES string of the molecule is Cc1nc2ccnoc-2n1. The Hall–Kier alpha value is -1.45. The molecule has 0 N–H and O–H groups in total. The normalized spacial score (nSPS) is 10.5. The minimum atomic E-state index is 0.500. The van der Waals surface area contributed by atoms with Gasteiger partial charge < -0.3 is 4.52 Å². The Morgan fingerprint density at radius 2 is 2.30 bits per heavy atom. The number of hydrogen-bond donors (Lipinski definition) is 0. The summed E-state index contributed by atoms with van der Waals surface area (Å²) in [5.41, 5.74) is 0.757. The molecule has 0 aromatic heterocycles. The molecule has 2 aliphatic heterocycles. The second-order valence-corrected chi connectivity index (χ2v) is 1.97. The van der Waals surface area contributed by atoms with E-state index in [1.165, 1.54) is 0 Å². The van der Waals surface area contributed by atoms with Gasteiger partial charge in [-0.2, -0.15) is 4.98 Å². The molecule has 0 amide bonds. The van der Waals surface area contributed by atoms with Crippen LogP contribution in [-0.2, 0) is 0 Å². The van der Waals surface area contributed by atoms with E-state index < -0.39 is 0 Å². The molecule has 0 saturated carbocycles. The van der Waals surface area contributed by atoms with Crippen LogP contribution in [0.15, 0.2) is 16.8 Å². The molecule has 0 radical (unpaired) electrons.